The second-order valence-electron chi connectivity index (χ2n) is 8.29. The number of rotatable bonds is 10. The zero-order valence-electron chi connectivity index (χ0n) is 20.3. The fourth-order valence-electron chi connectivity index (χ4n) is 3.51. The van der Waals surface area contributed by atoms with E-state index in [1.807, 2.05) is 6.92 Å². The van der Waals surface area contributed by atoms with Crippen LogP contribution in [0.2, 0.25) is 0 Å². The van der Waals surface area contributed by atoms with Gasteiger partial charge in [-0.25, -0.2) is 9.59 Å². The summed E-state index contributed by atoms with van der Waals surface area (Å²) < 4.78 is 15.5. The van der Waals surface area contributed by atoms with Gasteiger partial charge in [0.05, 0.1) is 13.2 Å². The molecule has 0 aromatic heterocycles. The molecule has 3 amide bonds. The average molecular weight is 478 g/mol. The third-order valence-electron chi connectivity index (χ3n) is 5.37. The Morgan fingerprint density at radius 3 is 2.21 bits per heavy atom. The Kier molecular flexibility index (Phi) is 10.6. The lowest BCUT2D eigenvalue weighted by molar-refractivity contribution is -0.151. The van der Waals surface area contributed by atoms with Crippen LogP contribution in [0.15, 0.2) is 24.3 Å². The van der Waals surface area contributed by atoms with Gasteiger partial charge in [0.25, 0.3) is 11.8 Å². The summed E-state index contributed by atoms with van der Waals surface area (Å²) in [7, 11) is 0. The zero-order chi connectivity index (χ0) is 25.1. The number of piperidine rings is 1. The first-order chi connectivity index (χ1) is 16.2. The van der Waals surface area contributed by atoms with Gasteiger partial charge in [-0.1, -0.05) is 13.8 Å². The van der Waals surface area contributed by atoms with Crippen molar-refractivity contribution in [1.29, 1.82) is 0 Å². The van der Waals surface area contributed by atoms with Gasteiger partial charge in [-0.05, 0) is 56.9 Å². The standard InChI is InChI=1S/C24H35N3O7/c1-5-32-19-9-7-17(8-10-19)22(29)26-21(16(3)4)23(30)34-15-20(28)25-18-11-13-27(14-12-18)24(31)33-6-2/h7-10,16,18,21H,5-6,11-15H2,1-4H3,(H,25,28)(H,26,29)/t21-/m0/s1. The molecule has 2 rings (SSSR count). The van der Waals surface area contributed by atoms with Gasteiger partial charge in [-0.15, -0.1) is 0 Å². The molecule has 1 saturated heterocycles. The van der Waals surface area contributed by atoms with E-state index in [4.69, 9.17) is 14.2 Å². The van der Waals surface area contributed by atoms with E-state index in [9.17, 15) is 19.2 Å². The third kappa shape index (κ3) is 8.24. The molecule has 34 heavy (non-hydrogen) atoms. The molecular formula is C24H35N3O7. The highest BCUT2D eigenvalue weighted by molar-refractivity contribution is 5.97. The minimum Gasteiger partial charge on any atom is -0.494 e. The number of carbonyl (C=O) groups is 4. The minimum atomic E-state index is -0.903. The number of benzene rings is 1. The zero-order valence-corrected chi connectivity index (χ0v) is 20.3. The van der Waals surface area contributed by atoms with Crippen LogP contribution in [0.1, 0.15) is 50.9 Å². The summed E-state index contributed by atoms with van der Waals surface area (Å²) in [4.78, 5) is 50.8. The first-order valence-electron chi connectivity index (χ1n) is 11.7. The maximum atomic E-state index is 12.6. The highest BCUT2D eigenvalue weighted by atomic mass is 16.6. The molecule has 1 fully saturated rings. The van der Waals surface area contributed by atoms with Crippen LogP contribution in [-0.2, 0) is 19.1 Å². The number of amides is 3. The van der Waals surface area contributed by atoms with E-state index in [0.29, 0.717) is 50.5 Å². The summed E-state index contributed by atoms with van der Waals surface area (Å²) in [5, 5.41) is 5.50. The van der Waals surface area contributed by atoms with Crippen molar-refractivity contribution in [2.24, 2.45) is 5.92 Å². The van der Waals surface area contributed by atoms with Crippen molar-refractivity contribution in [3.8, 4) is 5.75 Å². The van der Waals surface area contributed by atoms with Crippen LogP contribution in [0, 0.1) is 5.92 Å². The lowest BCUT2D eigenvalue weighted by Gasteiger charge is -2.31. The van der Waals surface area contributed by atoms with E-state index < -0.39 is 30.4 Å². The normalized spacial score (nSPS) is 14.8. The molecule has 0 spiro atoms. The van der Waals surface area contributed by atoms with Crippen molar-refractivity contribution in [2.45, 2.75) is 52.6 Å². The monoisotopic (exact) mass is 477 g/mol. The summed E-state index contributed by atoms with van der Waals surface area (Å²) in [6.07, 6.45) is 0.824. The Labute approximate surface area is 200 Å². The molecule has 1 aromatic rings. The van der Waals surface area contributed by atoms with E-state index in [1.165, 1.54) is 0 Å². The van der Waals surface area contributed by atoms with E-state index in [0.717, 1.165) is 0 Å². The van der Waals surface area contributed by atoms with Gasteiger partial charge in [-0.2, -0.15) is 0 Å². The fraction of sp³-hybridized carbons (Fsp3) is 0.583. The van der Waals surface area contributed by atoms with Crippen molar-refractivity contribution >= 4 is 23.9 Å². The maximum absolute atomic E-state index is 12.6. The predicted molar refractivity (Wildman–Crippen MR) is 124 cm³/mol. The number of hydrogen-bond acceptors (Lipinski definition) is 7. The van der Waals surface area contributed by atoms with Crippen molar-refractivity contribution in [2.75, 3.05) is 32.9 Å². The number of carbonyl (C=O) groups excluding carboxylic acids is 4. The van der Waals surface area contributed by atoms with E-state index in [1.54, 1.807) is 49.9 Å². The van der Waals surface area contributed by atoms with Gasteiger partial charge in [0.1, 0.15) is 11.8 Å². The van der Waals surface area contributed by atoms with Crippen LogP contribution in [0.4, 0.5) is 4.79 Å². The molecular weight excluding hydrogens is 442 g/mol. The molecule has 0 saturated carbocycles. The van der Waals surface area contributed by atoms with E-state index >= 15 is 0 Å². The van der Waals surface area contributed by atoms with E-state index in [2.05, 4.69) is 10.6 Å². The van der Waals surface area contributed by atoms with Gasteiger partial charge < -0.3 is 29.7 Å². The van der Waals surface area contributed by atoms with Crippen LogP contribution >= 0.6 is 0 Å². The number of nitrogens with one attached hydrogen (secondary N) is 2. The SMILES string of the molecule is CCOC(=O)N1CCC(NC(=O)COC(=O)[C@@H](NC(=O)c2ccc(OCC)cc2)C(C)C)CC1. The van der Waals surface area contributed by atoms with Crippen molar-refractivity contribution < 1.29 is 33.4 Å². The molecule has 1 aromatic carbocycles. The summed E-state index contributed by atoms with van der Waals surface area (Å²) in [5.74, 6) is -1.12. The average Bonchev–Trinajstić information content (AvgIpc) is 2.82. The van der Waals surface area contributed by atoms with Gasteiger partial charge in [0.2, 0.25) is 0 Å². The number of likely N-dealkylation sites (tertiary alicyclic amines) is 1. The predicted octanol–water partition coefficient (Wildman–Crippen LogP) is 2.12. The molecule has 1 heterocycles. The molecule has 0 radical (unpaired) electrons. The molecule has 2 N–H and O–H groups in total. The van der Waals surface area contributed by atoms with Crippen LogP contribution in [0.5, 0.6) is 5.75 Å². The molecule has 0 unspecified atom stereocenters. The quantitative estimate of drug-likeness (QED) is 0.495. The molecule has 188 valence electrons. The number of nitrogens with zero attached hydrogens (tertiary/aromatic N) is 1. The van der Waals surface area contributed by atoms with Gasteiger partial charge in [0.15, 0.2) is 6.61 Å². The number of ether oxygens (including phenoxy) is 3. The Morgan fingerprint density at radius 2 is 1.65 bits per heavy atom. The highest BCUT2D eigenvalue weighted by Crippen LogP contribution is 2.14. The van der Waals surface area contributed by atoms with Crippen LogP contribution < -0.4 is 15.4 Å². The minimum absolute atomic E-state index is 0.114. The third-order valence-corrected chi connectivity index (χ3v) is 5.37. The molecule has 1 aliphatic heterocycles. The highest BCUT2D eigenvalue weighted by Gasteiger charge is 2.28. The molecule has 0 bridgehead atoms. The van der Waals surface area contributed by atoms with Gasteiger partial charge >= 0.3 is 12.1 Å². The number of hydrogen-bond donors (Lipinski definition) is 2. The van der Waals surface area contributed by atoms with Crippen LogP contribution in [-0.4, -0.2) is 73.8 Å². The molecule has 1 aliphatic rings. The lowest BCUT2D eigenvalue weighted by atomic mass is 10.0. The number of esters is 1. The smallest absolute Gasteiger partial charge is 0.409 e. The Bertz CT molecular complexity index is 833. The molecule has 10 heteroatoms. The Morgan fingerprint density at radius 1 is 1.00 bits per heavy atom. The topological polar surface area (TPSA) is 123 Å². The summed E-state index contributed by atoms with van der Waals surface area (Å²) in [6.45, 7) is 8.54. The summed E-state index contributed by atoms with van der Waals surface area (Å²) in [5.41, 5.74) is 0.383. The van der Waals surface area contributed by atoms with E-state index in [-0.39, 0.29) is 18.1 Å². The Balaban J connectivity index is 1.80. The first-order valence-corrected chi connectivity index (χ1v) is 11.7. The maximum Gasteiger partial charge on any atom is 0.409 e. The van der Waals surface area contributed by atoms with Gasteiger partial charge in [0, 0.05) is 24.7 Å². The molecule has 1 atom stereocenters. The van der Waals surface area contributed by atoms with Crippen LogP contribution in [0.3, 0.4) is 0 Å². The van der Waals surface area contributed by atoms with Gasteiger partial charge in [-0.3, -0.25) is 9.59 Å². The largest absolute Gasteiger partial charge is 0.494 e. The van der Waals surface area contributed by atoms with Crippen LogP contribution in [0.25, 0.3) is 0 Å². The first kappa shape index (κ1) is 26.9. The second-order valence-corrected chi connectivity index (χ2v) is 8.29. The van der Waals surface area contributed by atoms with Crippen molar-refractivity contribution in [3.63, 3.8) is 0 Å². The molecule has 0 aliphatic carbocycles. The lowest BCUT2D eigenvalue weighted by Crippen LogP contribution is -2.48. The summed E-state index contributed by atoms with van der Waals surface area (Å²) >= 11 is 0. The van der Waals surface area contributed by atoms with Crippen molar-refractivity contribution in [3.05, 3.63) is 29.8 Å². The second kappa shape index (κ2) is 13.4. The molecule has 10 nitrogen and oxygen atoms in total. The Hall–Kier alpha value is -3.30. The van der Waals surface area contributed by atoms with Crippen molar-refractivity contribution in [1.82, 2.24) is 15.5 Å². The summed E-state index contributed by atoms with van der Waals surface area (Å²) in [6, 6.07) is 5.58. The fourth-order valence-corrected chi connectivity index (χ4v) is 3.51.